The van der Waals surface area contributed by atoms with Crippen LogP contribution in [0.25, 0.3) is 0 Å². The maximum atomic E-state index is 11.2. The zero-order valence-corrected chi connectivity index (χ0v) is 13.3. The second-order valence-corrected chi connectivity index (χ2v) is 5.29. The van der Waals surface area contributed by atoms with E-state index >= 15 is 0 Å². The highest BCUT2D eigenvalue weighted by Crippen LogP contribution is 2.37. The molecular formula is C19H19NO3. The summed E-state index contributed by atoms with van der Waals surface area (Å²) in [6, 6.07) is 17.2. The summed E-state index contributed by atoms with van der Waals surface area (Å²) in [5, 5.41) is 9.87. The molecule has 0 aromatic heterocycles. The van der Waals surface area contributed by atoms with Gasteiger partial charge in [0.05, 0.1) is 25.7 Å². The highest BCUT2D eigenvalue weighted by Gasteiger charge is 2.35. The van der Waals surface area contributed by atoms with Crippen molar-refractivity contribution in [3.63, 3.8) is 0 Å². The monoisotopic (exact) mass is 309 g/mol. The Balaban J connectivity index is 2.51. The van der Waals surface area contributed by atoms with Crippen molar-refractivity contribution >= 4 is 6.29 Å². The molecule has 0 heterocycles. The summed E-state index contributed by atoms with van der Waals surface area (Å²) in [4.78, 5) is 11.2. The minimum absolute atomic E-state index is 0.0983. The van der Waals surface area contributed by atoms with Crippen LogP contribution in [0.15, 0.2) is 48.5 Å². The minimum atomic E-state index is -0.972. The number of carbonyl (C=O) groups is 1. The number of methoxy groups -OCH3 is 2. The van der Waals surface area contributed by atoms with Crippen molar-refractivity contribution < 1.29 is 14.3 Å². The van der Waals surface area contributed by atoms with Gasteiger partial charge in [-0.3, -0.25) is 0 Å². The van der Waals surface area contributed by atoms with E-state index in [9.17, 15) is 10.1 Å². The molecular weight excluding hydrogens is 290 g/mol. The van der Waals surface area contributed by atoms with E-state index in [2.05, 4.69) is 6.07 Å². The third-order valence-corrected chi connectivity index (χ3v) is 3.91. The molecule has 2 aromatic rings. The molecule has 0 radical (unpaired) electrons. The average molecular weight is 309 g/mol. The summed E-state index contributed by atoms with van der Waals surface area (Å²) >= 11 is 0. The van der Waals surface area contributed by atoms with Crippen LogP contribution in [-0.4, -0.2) is 20.5 Å². The third kappa shape index (κ3) is 3.51. The molecule has 2 rings (SSSR count). The first-order chi connectivity index (χ1) is 11.2. The van der Waals surface area contributed by atoms with E-state index in [-0.39, 0.29) is 6.42 Å². The molecule has 1 unspecified atom stereocenters. The smallest absolute Gasteiger partial charge is 0.123 e. The lowest BCUT2D eigenvalue weighted by Crippen LogP contribution is -2.28. The quantitative estimate of drug-likeness (QED) is 0.736. The molecule has 1 atom stereocenters. The fraction of sp³-hybridized carbons (Fsp3) is 0.263. The van der Waals surface area contributed by atoms with Gasteiger partial charge in [-0.1, -0.05) is 30.3 Å². The van der Waals surface area contributed by atoms with Crippen molar-refractivity contribution in [1.82, 2.24) is 0 Å². The number of rotatable bonds is 7. The third-order valence-electron chi connectivity index (χ3n) is 3.91. The number of nitriles is 1. The van der Waals surface area contributed by atoms with Crippen LogP contribution in [0.1, 0.15) is 17.5 Å². The van der Waals surface area contributed by atoms with Gasteiger partial charge < -0.3 is 14.3 Å². The molecule has 23 heavy (non-hydrogen) atoms. The highest BCUT2D eigenvalue weighted by atomic mass is 16.5. The summed E-state index contributed by atoms with van der Waals surface area (Å²) in [6.07, 6.45) is 1.29. The standard InChI is InChI=1S/C19H19NO3/c1-22-16-7-5-6-15(12-16)13-19(14-20,10-11-21)17-8-3-4-9-18(17)23-2/h3-9,11-12H,10,13H2,1-2H3. The van der Waals surface area contributed by atoms with Crippen LogP contribution in [0.5, 0.6) is 11.5 Å². The topological polar surface area (TPSA) is 59.3 Å². The summed E-state index contributed by atoms with van der Waals surface area (Å²) < 4.78 is 10.6. The zero-order chi connectivity index (χ0) is 16.7. The van der Waals surface area contributed by atoms with E-state index in [1.165, 1.54) is 0 Å². The van der Waals surface area contributed by atoms with Gasteiger partial charge in [0.15, 0.2) is 0 Å². The van der Waals surface area contributed by atoms with Gasteiger partial charge in [-0.25, -0.2) is 0 Å². The molecule has 0 bridgehead atoms. The molecule has 2 aromatic carbocycles. The zero-order valence-electron chi connectivity index (χ0n) is 13.3. The Kier molecular flexibility index (Phi) is 5.37. The number of aldehydes is 1. The molecule has 118 valence electrons. The number of para-hydroxylation sites is 1. The Labute approximate surface area is 136 Å². The van der Waals surface area contributed by atoms with Gasteiger partial charge >= 0.3 is 0 Å². The highest BCUT2D eigenvalue weighted by molar-refractivity contribution is 5.58. The average Bonchev–Trinajstić information content (AvgIpc) is 2.61. The maximum Gasteiger partial charge on any atom is 0.123 e. The molecule has 0 fully saturated rings. The van der Waals surface area contributed by atoms with Crippen LogP contribution in [0, 0.1) is 11.3 Å². The lowest BCUT2D eigenvalue weighted by molar-refractivity contribution is -0.108. The fourth-order valence-electron chi connectivity index (χ4n) is 2.74. The van der Waals surface area contributed by atoms with Gasteiger partial charge in [-0.2, -0.15) is 5.26 Å². The Hall–Kier alpha value is -2.80. The Morgan fingerprint density at radius 2 is 1.91 bits per heavy atom. The molecule has 0 saturated heterocycles. The normalized spacial score (nSPS) is 12.7. The number of nitrogens with zero attached hydrogens (tertiary/aromatic N) is 1. The summed E-state index contributed by atoms with van der Waals surface area (Å²) in [6.45, 7) is 0. The van der Waals surface area contributed by atoms with Crippen LogP contribution in [0.4, 0.5) is 0 Å². The molecule has 0 amide bonds. The van der Waals surface area contributed by atoms with Crippen LogP contribution >= 0.6 is 0 Å². The van der Waals surface area contributed by atoms with Gasteiger partial charge in [-0.05, 0) is 30.2 Å². The number of carbonyl (C=O) groups excluding carboxylic acids is 1. The van der Waals surface area contributed by atoms with E-state index < -0.39 is 5.41 Å². The fourth-order valence-corrected chi connectivity index (χ4v) is 2.74. The lowest BCUT2D eigenvalue weighted by Gasteiger charge is -2.27. The van der Waals surface area contributed by atoms with Crippen molar-refractivity contribution in [2.24, 2.45) is 0 Å². The SMILES string of the molecule is COc1cccc(CC(C#N)(CC=O)c2ccccc2OC)c1. The molecule has 0 saturated carbocycles. The molecule has 0 spiro atoms. The Morgan fingerprint density at radius 3 is 2.57 bits per heavy atom. The van der Waals surface area contributed by atoms with Gasteiger partial charge in [0.25, 0.3) is 0 Å². The van der Waals surface area contributed by atoms with Crippen LogP contribution in [0.3, 0.4) is 0 Å². The summed E-state index contributed by atoms with van der Waals surface area (Å²) in [5.41, 5.74) is 0.680. The van der Waals surface area contributed by atoms with Gasteiger partial charge in [0.1, 0.15) is 17.8 Å². The van der Waals surface area contributed by atoms with Crippen molar-refractivity contribution in [3.05, 3.63) is 59.7 Å². The van der Waals surface area contributed by atoms with Gasteiger partial charge in [0, 0.05) is 12.0 Å². The Morgan fingerprint density at radius 1 is 1.13 bits per heavy atom. The van der Waals surface area contributed by atoms with Crippen LogP contribution in [0.2, 0.25) is 0 Å². The van der Waals surface area contributed by atoms with E-state index in [1.807, 2.05) is 42.5 Å². The minimum Gasteiger partial charge on any atom is -0.497 e. The van der Waals surface area contributed by atoms with Crippen molar-refractivity contribution in [2.75, 3.05) is 14.2 Å². The maximum absolute atomic E-state index is 11.2. The van der Waals surface area contributed by atoms with E-state index in [1.54, 1.807) is 20.3 Å². The summed E-state index contributed by atoms with van der Waals surface area (Å²) in [7, 11) is 3.16. The van der Waals surface area contributed by atoms with Gasteiger partial charge in [-0.15, -0.1) is 0 Å². The molecule has 4 heteroatoms. The number of hydrogen-bond acceptors (Lipinski definition) is 4. The van der Waals surface area contributed by atoms with Crippen molar-refractivity contribution in [1.29, 1.82) is 5.26 Å². The number of hydrogen-bond donors (Lipinski definition) is 0. The molecule has 4 nitrogen and oxygen atoms in total. The first-order valence-electron chi connectivity index (χ1n) is 7.30. The number of ether oxygens (including phenoxy) is 2. The van der Waals surface area contributed by atoms with E-state index in [4.69, 9.17) is 9.47 Å². The van der Waals surface area contributed by atoms with Crippen LogP contribution < -0.4 is 9.47 Å². The first-order valence-corrected chi connectivity index (χ1v) is 7.30. The van der Waals surface area contributed by atoms with Crippen molar-refractivity contribution in [3.8, 4) is 17.6 Å². The van der Waals surface area contributed by atoms with Gasteiger partial charge in [0.2, 0.25) is 0 Å². The number of benzene rings is 2. The molecule has 0 aliphatic heterocycles. The second-order valence-electron chi connectivity index (χ2n) is 5.29. The predicted molar refractivity (Wildman–Crippen MR) is 87.7 cm³/mol. The largest absolute Gasteiger partial charge is 0.497 e. The second kappa shape index (κ2) is 7.46. The molecule has 0 aliphatic rings. The predicted octanol–water partition coefficient (Wildman–Crippen LogP) is 3.30. The van der Waals surface area contributed by atoms with E-state index in [0.717, 1.165) is 23.2 Å². The first kappa shape index (κ1) is 16.6. The van der Waals surface area contributed by atoms with Crippen LogP contribution in [-0.2, 0) is 16.6 Å². The van der Waals surface area contributed by atoms with Crippen molar-refractivity contribution in [2.45, 2.75) is 18.3 Å². The summed E-state index contributed by atoms with van der Waals surface area (Å²) in [5.74, 6) is 1.33. The lowest BCUT2D eigenvalue weighted by atomic mass is 9.74. The molecule has 0 N–H and O–H groups in total. The van der Waals surface area contributed by atoms with E-state index in [0.29, 0.717) is 12.2 Å². The Bertz CT molecular complexity index is 721. The molecule has 0 aliphatic carbocycles.